The molecule has 6 nitrogen and oxygen atoms in total. The molecule has 1 spiro atoms. The summed E-state index contributed by atoms with van der Waals surface area (Å²) in [6, 6.07) is 11.5. The zero-order valence-electron chi connectivity index (χ0n) is 17.3. The van der Waals surface area contributed by atoms with Gasteiger partial charge in [0.15, 0.2) is 11.5 Å². The van der Waals surface area contributed by atoms with Gasteiger partial charge in [0.05, 0.1) is 39.2 Å². The maximum atomic E-state index is 13.3. The van der Waals surface area contributed by atoms with Crippen molar-refractivity contribution in [2.75, 3.05) is 31.8 Å². The maximum Gasteiger partial charge on any atom is 0.292 e. The third-order valence-electron chi connectivity index (χ3n) is 5.40. The minimum absolute atomic E-state index is 0.202. The summed E-state index contributed by atoms with van der Waals surface area (Å²) in [6.07, 6.45) is 3.30. The fraction of sp³-hybridized carbons (Fsp3) is 0.435. The molecule has 0 saturated carbocycles. The molecule has 0 radical (unpaired) electrons. The Bertz CT molecular complexity index is 926. The topological polar surface area (TPSA) is 57.2 Å². The van der Waals surface area contributed by atoms with Crippen molar-refractivity contribution in [1.29, 1.82) is 0 Å². The molecule has 0 atom stereocenters. The van der Waals surface area contributed by atoms with Gasteiger partial charge in [0, 0.05) is 10.0 Å². The Morgan fingerprint density at radius 1 is 1.10 bits per heavy atom. The summed E-state index contributed by atoms with van der Waals surface area (Å²) in [6.45, 7) is 3.99. The summed E-state index contributed by atoms with van der Waals surface area (Å²) in [5, 5.41) is 0. The molecular formula is C23H26BrNO5. The van der Waals surface area contributed by atoms with Gasteiger partial charge in [-0.2, -0.15) is 0 Å². The number of amides is 1. The van der Waals surface area contributed by atoms with Gasteiger partial charge >= 0.3 is 0 Å². The quantitative estimate of drug-likeness (QED) is 0.514. The molecule has 1 amide bonds. The molecule has 0 aromatic heterocycles. The second-order valence-electron chi connectivity index (χ2n) is 7.41. The number of carbonyl (C=O) groups excluding carboxylic acids is 1. The predicted octanol–water partition coefficient (Wildman–Crippen LogP) is 4.77. The lowest BCUT2D eigenvalue weighted by molar-refractivity contribution is -0.180. The van der Waals surface area contributed by atoms with Crippen molar-refractivity contribution in [3.8, 4) is 11.5 Å². The molecule has 2 aromatic rings. The van der Waals surface area contributed by atoms with E-state index in [1.54, 1.807) is 12.0 Å². The van der Waals surface area contributed by atoms with Crippen LogP contribution in [0.2, 0.25) is 0 Å². The van der Waals surface area contributed by atoms with Gasteiger partial charge in [-0.05, 0) is 42.3 Å². The molecular weight excluding hydrogens is 450 g/mol. The Hall–Kier alpha value is -2.09. The van der Waals surface area contributed by atoms with Crippen LogP contribution in [0.15, 0.2) is 40.9 Å². The smallest absolute Gasteiger partial charge is 0.292 e. The number of nitrogens with zero attached hydrogens (tertiary/aromatic N) is 1. The van der Waals surface area contributed by atoms with Gasteiger partial charge in [0.25, 0.3) is 11.7 Å². The number of hydrogen-bond donors (Lipinski definition) is 0. The van der Waals surface area contributed by atoms with Crippen LogP contribution < -0.4 is 14.4 Å². The van der Waals surface area contributed by atoms with Crippen LogP contribution in [0.25, 0.3) is 0 Å². The Morgan fingerprint density at radius 3 is 2.63 bits per heavy atom. The maximum absolute atomic E-state index is 13.3. The first-order valence-electron chi connectivity index (χ1n) is 10.3. The molecule has 0 aliphatic carbocycles. The molecule has 7 heteroatoms. The number of ether oxygens (including phenoxy) is 4. The van der Waals surface area contributed by atoms with E-state index in [0.29, 0.717) is 37.9 Å². The predicted molar refractivity (Wildman–Crippen MR) is 117 cm³/mol. The number of anilines is 1. The fourth-order valence-electron chi connectivity index (χ4n) is 3.90. The highest BCUT2D eigenvalue weighted by Gasteiger charge is 2.56. The standard InChI is InChI=1S/C23H26BrNO5/c1-3-4-5-10-28-20-9-6-16(13-21(20)27-2)15-25-19-8-7-17(24)14-18(19)23(22(25)26)29-11-12-30-23/h6-9,13-14H,3-5,10-12,15H2,1-2H3. The highest BCUT2D eigenvalue weighted by molar-refractivity contribution is 9.10. The first kappa shape index (κ1) is 21.2. The van der Waals surface area contributed by atoms with E-state index in [1.807, 2.05) is 36.4 Å². The van der Waals surface area contributed by atoms with Crippen molar-refractivity contribution in [3.63, 3.8) is 0 Å². The second-order valence-corrected chi connectivity index (χ2v) is 8.32. The molecule has 1 fully saturated rings. The highest BCUT2D eigenvalue weighted by Crippen LogP contribution is 2.47. The van der Waals surface area contributed by atoms with Crippen molar-refractivity contribution < 1.29 is 23.7 Å². The van der Waals surface area contributed by atoms with E-state index in [2.05, 4.69) is 22.9 Å². The molecule has 30 heavy (non-hydrogen) atoms. The van der Waals surface area contributed by atoms with Crippen LogP contribution in [-0.2, 0) is 26.6 Å². The molecule has 2 aliphatic rings. The highest BCUT2D eigenvalue weighted by atomic mass is 79.9. The van der Waals surface area contributed by atoms with Gasteiger partial charge < -0.3 is 23.8 Å². The molecule has 2 heterocycles. The van der Waals surface area contributed by atoms with Crippen molar-refractivity contribution in [2.45, 2.75) is 38.5 Å². The summed E-state index contributed by atoms with van der Waals surface area (Å²) in [5.74, 6) is -0.166. The summed E-state index contributed by atoms with van der Waals surface area (Å²) >= 11 is 3.49. The van der Waals surface area contributed by atoms with E-state index in [4.69, 9.17) is 18.9 Å². The number of unbranched alkanes of at least 4 members (excludes halogenated alkanes) is 2. The number of carbonyl (C=O) groups is 1. The number of methoxy groups -OCH3 is 1. The Balaban J connectivity index is 1.58. The lowest BCUT2D eigenvalue weighted by atomic mass is 10.1. The van der Waals surface area contributed by atoms with Crippen LogP contribution in [0.1, 0.15) is 37.3 Å². The summed E-state index contributed by atoms with van der Waals surface area (Å²) in [7, 11) is 1.63. The van der Waals surface area contributed by atoms with Crippen LogP contribution in [0.3, 0.4) is 0 Å². The number of fused-ring (bicyclic) bond motifs is 2. The Kier molecular flexibility index (Phi) is 6.32. The SMILES string of the molecule is CCCCCOc1ccc(CN2C(=O)C3(OCCO3)c3cc(Br)ccc32)cc1OC. The zero-order chi connectivity index (χ0) is 21.1. The zero-order valence-corrected chi connectivity index (χ0v) is 18.9. The number of rotatable bonds is 8. The molecule has 0 unspecified atom stereocenters. The monoisotopic (exact) mass is 475 g/mol. The van der Waals surface area contributed by atoms with Gasteiger partial charge in [-0.3, -0.25) is 4.79 Å². The van der Waals surface area contributed by atoms with E-state index in [-0.39, 0.29) is 5.91 Å². The van der Waals surface area contributed by atoms with Crippen molar-refractivity contribution in [2.24, 2.45) is 0 Å². The van der Waals surface area contributed by atoms with Crippen LogP contribution >= 0.6 is 15.9 Å². The van der Waals surface area contributed by atoms with Crippen LogP contribution in [0, 0.1) is 0 Å². The van der Waals surface area contributed by atoms with E-state index >= 15 is 0 Å². The molecule has 0 bridgehead atoms. The van der Waals surface area contributed by atoms with Crippen molar-refractivity contribution >= 4 is 27.5 Å². The number of benzene rings is 2. The lowest BCUT2D eigenvalue weighted by Crippen LogP contribution is -2.40. The first-order valence-corrected chi connectivity index (χ1v) is 11.1. The molecule has 1 saturated heterocycles. The number of hydrogen-bond acceptors (Lipinski definition) is 5. The van der Waals surface area contributed by atoms with E-state index in [1.165, 1.54) is 0 Å². The van der Waals surface area contributed by atoms with E-state index in [9.17, 15) is 4.79 Å². The molecule has 160 valence electrons. The summed E-state index contributed by atoms with van der Waals surface area (Å²) < 4.78 is 23.9. The average molecular weight is 476 g/mol. The third kappa shape index (κ3) is 3.82. The van der Waals surface area contributed by atoms with E-state index in [0.717, 1.165) is 40.5 Å². The van der Waals surface area contributed by atoms with Gasteiger partial charge in [-0.25, -0.2) is 0 Å². The molecule has 4 rings (SSSR count). The largest absolute Gasteiger partial charge is 0.493 e. The second kappa shape index (κ2) is 8.96. The minimum atomic E-state index is -1.34. The number of halogens is 1. The Labute approximate surface area is 185 Å². The van der Waals surface area contributed by atoms with E-state index < -0.39 is 5.79 Å². The first-order chi connectivity index (χ1) is 14.6. The van der Waals surface area contributed by atoms with Gasteiger partial charge in [-0.15, -0.1) is 0 Å². The van der Waals surface area contributed by atoms with Crippen LogP contribution in [-0.4, -0.2) is 32.8 Å². The van der Waals surface area contributed by atoms with Crippen molar-refractivity contribution in [1.82, 2.24) is 0 Å². The average Bonchev–Trinajstić information content (AvgIpc) is 3.33. The Morgan fingerprint density at radius 2 is 1.90 bits per heavy atom. The third-order valence-corrected chi connectivity index (χ3v) is 5.89. The van der Waals surface area contributed by atoms with Crippen LogP contribution in [0.5, 0.6) is 11.5 Å². The molecule has 0 N–H and O–H groups in total. The molecule has 2 aliphatic heterocycles. The molecule has 2 aromatic carbocycles. The van der Waals surface area contributed by atoms with Gasteiger partial charge in [0.1, 0.15) is 0 Å². The van der Waals surface area contributed by atoms with Crippen molar-refractivity contribution in [3.05, 3.63) is 52.0 Å². The van der Waals surface area contributed by atoms with Crippen LogP contribution in [0.4, 0.5) is 5.69 Å². The minimum Gasteiger partial charge on any atom is -0.493 e. The summed E-state index contributed by atoms with van der Waals surface area (Å²) in [5.41, 5.74) is 2.47. The lowest BCUT2D eigenvalue weighted by Gasteiger charge is -2.22. The fourth-order valence-corrected chi connectivity index (χ4v) is 4.27. The summed E-state index contributed by atoms with van der Waals surface area (Å²) in [4.78, 5) is 15.0. The normalized spacial score (nSPS) is 16.9. The van der Waals surface area contributed by atoms with Gasteiger partial charge in [-0.1, -0.05) is 41.8 Å². The van der Waals surface area contributed by atoms with Gasteiger partial charge in [0.2, 0.25) is 0 Å².